The second kappa shape index (κ2) is 5.35. The van der Waals surface area contributed by atoms with E-state index in [9.17, 15) is 0 Å². The maximum Gasteiger partial charge on any atom is 0.168 e. The number of fused-ring (bicyclic) bond motifs is 1. The lowest BCUT2D eigenvalue weighted by Crippen LogP contribution is -2.32. The van der Waals surface area contributed by atoms with Crippen LogP contribution in [-0.4, -0.2) is 45.2 Å². The molecule has 0 N–H and O–H groups in total. The molecule has 116 valence electrons. The zero-order valence-corrected chi connectivity index (χ0v) is 13.2. The Bertz CT molecular complexity index is 662. The molecule has 0 amide bonds. The molecule has 1 aliphatic carbocycles. The maximum absolute atomic E-state index is 4.30. The Labute approximate surface area is 130 Å². The topological polar surface area (TPSA) is 50.1 Å². The Kier molecular flexibility index (Phi) is 3.33. The average Bonchev–Trinajstić information content (AvgIpc) is 3.30. The summed E-state index contributed by atoms with van der Waals surface area (Å²) in [6, 6.07) is 9.42. The van der Waals surface area contributed by atoms with Gasteiger partial charge < -0.3 is 4.90 Å². The van der Waals surface area contributed by atoms with Gasteiger partial charge in [0.2, 0.25) is 0 Å². The summed E-state index contributed by atoms with van der Waals surface area (Å²) >= 11 is 0. The molecule has 1 unspecified atom stereocenters. The van der Waals surface area contributed by atoms with Gasteiger partial charge in [-0.25, -0.2) is 4.68 Å². The molecule has 2 aromatic rings. The lowest BCUT2D eigenvalue weighted by atomic mass is 10.1. The summed E-state index contributed by atoms with van der Waals surface area (Å²) < 4.78 is 2.03. The van der Waals surface area contributed by atoms with E-state index in [0.29, 0.717) is 6.04 Å². The number of nitrogens with zero attached hydrogens (tertiary/aromatic N) is 6. The molecule has 6 nitrogen and oxygen atoms in total. The lowest BCUT2D eigenvalue weighted by molar-refractivity contribution is 0.198. The quantitative estimate of drug-likeness (QED) is 0.867. The standard InChI is InChI=1S/C16H22N6/c1-12(16-17-18-19-22(16)14-7-8-14)21-10-9-20(2)15-6-4-3-5-13(15)11-21/h3-6,12,14H,7-11H2,1-2H3. The van der Waals surface area contributed by atoms with Crippen molar-refractivity contribution in [1.82, 2.24) is 25.1 Å². The first-order chi connectivity index (χ1) is 10.7. The van der Waals surface area contributed by atoms with Crippen molar-refractivity contribution in [2.45, 2.75) is 38.4 Å². The van der Waals surface area contributed by atoms with Crippen LogP contribution in [0.5, 0.6) is 0 Å². The zero-order chi connectivity index (χ0) is 15.1. The minimum Gasteiger partial charge on any atom is -0.373 e. The van der Waals surface area contributed by atoms with Gasteiger partial charge in [0.25, 0.3) is 0 Å². The van der Waals surface area contributed by atoms with Gasteiger partial charge in [0.15, 0.2) is 5.82 Å². The fourth-order valence-electron chi connectivity index (χ4n) is 3.26. The summed E-state index contributed by atoms with van der Waals surface area (Å²) in [7, 11) is 2.17. The minimum atomic E-state index is 0.232. The second-order valence-corrected chi connectivity index (χ2v) is 6.41. The highest BCUT2D eigenvalue weighted by molar-refractivity contribution is 5.53. The molecule has 1 atom stereocenters. The van der Waals surface area contributed by atoms with Crippen LogP contribution in [0.1, 0.15) is 43.2 Å². The van der Waals surface area contributed by atoms with Crippen LogP contribution >= 0.6 is 0 Å². The predicted octanol–water partition coefficient (Wildman–Crippen LogP) is 2.02. The summed E-state index contributed by atoms with van der Waals surface area (Å²) in [6.45, 7) is 5.20. The third-order valence-electron chi connectivity index (χ3n) is 4.83. The highest BCUT2D eigenvalue weighted by Crippen LogP contribution is 2.36. The monoisotopic (exact) mass is 298 g/mol. The molecule has 0 radical (unpaired) electrons. The van der Waals surface area contributed by atoms with Gasteiger partial charge in [-0.05, 0) is 41.8 Å². The molecule has 0 saturated heterocycles. The predicted molar refractivity (Wildman–Crippen MR) is 84.6 cm³/mol. The van der Waals surface area contributed by atoms with Gasteiger partial charge in [-0.3, -0.25) is 4.90 Å². The SMILES string of the molecule is CC(c1nnnn1C1CC1)N1CCN(C)c2ccccc2C1. The van der Waals surface area contributed by atoms with E-state index >= 15 is 0 Å². The van der Waals surface area contributed by atoms with Gasteiger partial charge >= 0.3 is 0 Å². The van der Waals surface area contributed by atoms with Crippen molar-refractivity contribution in [3.05, 3.63) is 35.7 Å². The van der Waals surface area contributed by atoms with Gasteiger partial charge in [-0.1, -0.05) is 18.2 Å². The van der Waals surface area contributed by atoms with Gasteiger partial charge in [0.05, 0.1) is 12.1 Å². The first-order valence-corrected chi connectivity index (χ1v) is 8.05. The third-order valence-corrected chi connectivity index (χ3v) is 4.83. The van der Waals surface area contributed by atoms with Crippen molar-refractivity contribution in [2.24, 2.45) is 0 Å². The molecule has 1 aromatic carbocycles. The fourth-order valence-corrected chi connectivity index (χ4v) is 3.26. The Morgan fingerprint density at radius 2 is 2.00 bits per heavy atom. The summed E-state index contributed by atoms with van der Waals surface area (Å²) in [5.74, 6) is 1.00. The number of hydrogen-bond donors (Lipinski definition) is 0. The molecule has 4 rings (SSSR count). The number of anilines is 1. The highest BCUT2D eigenvalue weighted by Gasteiger charge is 2.32. The van der Waals surface area contributed by atoms with Gasteiger partial charge in [0, 0.05) is 32.4 Å². The molecule has 1 fully saturated rings. The summed E-state index contributed by atoms with van der Waals surface area (Å²) in [5.41, 5.74) is 2.71. The third kappa shape index (κ3) is 2.37. The van der Waals surface area contributed by atoms with Crippen molar-refractivity contribution in [1.29, 1.82) is 0 Å². The normalized spacial score (nSPS) is 20.5. The molecule has 1 saturated carbocycles. The molecule has 2 aliphatic rings. The second-order valence-electron chi connectivity index (χ2n) is 6.41. The molecule has 22 heavy (non-hydrogen) atoms. The zero-order valence-electron chi connectivity index (χ0n) is 13.2. The van der Waals surface area contributed by atoms with E-state index < -0.39 is 0 Å². The Morgan fingerprint density at radius 3 is 2.82 bits per heavy atom. The van der Waals surface area contributed by atoms with Crippen LogP contribution in [0.25, 0.3) is 0 Å². The smallest absolute Gasteiger partial charge is 0.168 e. The maximum atomic E-state index is 4.30. The number of likely N-dealkylation sites (N-methyl/N-ethyl adjacent to an activating group) is 1. The largest absolute Gasteiger partial charge is 0.373 e. The molecule has 6 heteroatoms. The van der Waals surface area contributed by atoms with E-state index in [1.165, 1.54) is 24.1 Å². The van der Waals surface area contributed by atoms with Crippen molar-refractivity contribution in [3.63, 3.8) is 0 Å². The van der Waals surface area contributed by atoms with Crippen molar-refractivity contribution < 1.29 is 0 Å². The van der Waals surface area contributed by atoms with E-state index in [2.05, 4.69) is 63.6 Å². The van der Waals surface area contributed by atoms with Crippen molar-refractivity contribution >= 4 is 5.69 Å². The van der Waals surface area contributed by atoms with E-state index in [4.69, 9.17) is 0 Å². The number of tetrazole rings is 1. The molecule has 1 aromatic heterocycles. The van der Waals surface area contributed by atoms with Crippen LogP contribution in [0.3, 0.4) is 0 Å². The summed E-state index contributed by atoms with van der Waals surface area (Å²) in [4.78, 5) is 4.82. The number of rotatable bonds is 3. The van der Waals surface area contributed by atoms with Gasteiger partial charge in [0.1, 0.15) is 0 Å². The summed E-state index contributed by atoms with van der Waals surface area (Å²) in [5, 5.41) is 12.4. The number of benzene rings is 1. The van der Waals surface area contributed by atoms with Crippen LogP contribution in [0.2, 0.25) is 0 Å². The summed E-state index contributed by atoms with van der Waals surface area (Å²) in [6.07, 6.45) is 2.41. The number of para-hydroxylation sites is 1. The Balaban J connectivity index is 1.61. The van der Waals surface area contributed by atoms with Crippen LogP contribution in [0, 0.1) is 0 Å². The van der Waals surface area contributed by atoms with Crippen LogP contribution in [-0.2, 0) is 6.54 Å². The molecule has 1 aliphatic heterocycles. The molecular formula is C16H22N6. The number of aromatic nitrogens is 4. The molecular weight excluding hydrogens is 276 g/mol. The first-order valence-electron chi connectivity index (χ1n) is 8.05. The van der Waals surface area contributed by atoms with Crippen LogP contribution in [0.4, 0.5) is 5.69 Å². The fraction of sp³-hybridized carbons (Fsp3) is 0.562. The highest BCUT2D eigenvalue weighted by atomic mass is 15.6. The average molecular weight is 298 g/mol. The van der Waals surface area contributed by atoms with E-state index in [0.717, 1.165) is 25.5 Å². The van der Waals surface area contributed by atoms with E-state index in [1.807, 2.05) is 4.68 Å². The van der Waals surface area contributed by atoms with E-state index in [1.54, 1.807) is 0 Å². The minimum absolute atomic E-state index is 0.232. The van der Waals surface area contributed by atoms with Crippen molar-refractivity contribution in [3.8, 4) is 0 Å². The van der Waals surface area contributed by atoms with Crippen LogP contribution in [0.15, 0.2) is 24.3 Å². The van der Waals surface area contributed by atoms with Crippen LogP contribution < -0.4 is 4.90 Å². The Morgan fingerprint density at radius 1 is 1.18 bits per heavy atom. The van der Waals surface area contributed by atoms with Gasteiger partial charge in [-0.2, -0.15) is 0 Å². The lowest BCUT2D eigenvalue weighted by Gasteiger charge is -2.26. The molecule has 0 spiro atoms. The Hall–Kier alpha value is -1.95. The van der Waals surface area contributed by atoms with E-state index in [-0.39, 0.29) is 6.04 Å². The first kappa shape index (κ1) is 13.7. The van der Waals surface area contributed by atoms with Gasteiger partial charge in [-0.15, -0.1) is 5.10 Å². The number of hydrogen-bond acceptors (Lipinski definition) is 5. The molecule has 0 bridgehead atoms. The van der Waals surface area contributed by atoms with Crippen molar-refractivity contribution in [2.75, 3.05) is 25.0 Å². The molecule has 2 heterocycles.